The predicted molar refractivity (Wildman–Crippen MR) is 120 cm³/mol. The van der Waals surface area contributed by atoms with Crippen LogP contribution in [-0.4, -0.2) is 49.0 Å². The van der Waals surface area contributed by atoms with Gasteiger partial charge in [-0.15, -0.1) is 10.2 Å². The molecule has 0 spiro atoms. The van der Waals surface area contributed by atoms with Crippen LogP contribution < -0.4 is 0 Å². The molecule has 0 atom stereocenters. The number of aryl methyl sites for hydroxylation is 1. The van der Waals surface area contributed by atoms with Crippen molar-refractivity contribution in [1.82, 2.24) is 24.2 Å². The maximum Gasteiger partial charge on any atom is 0.416 e. The molecule has 33 heavy (non-hydrogen) atoms. The van der Waals surface area contributed by atoms with E-state index in [1.54, 1.807) is 10.6 Å². The highest BCUT2D eigenvalue weighted by Crippen LogP contribution is 2.32. The quantitative estimate of drug-likeness (QED) is 0.488. The fraction of sp³-hybridized carbons (Fsp3) is 0.435. The highest BCUT2D eigenvalue weighted by Gasteiger charge is 2.31. The molecule has 1 aliphatic heterocycles. The molecule has 0 radical (unpaired) electrons. The summed E-state index contributed by atoms with van der Waals surface area (Å²) in [7, 11) is 1.90. The van der Waals surface area contributed by atoms with Crippen molar-refractivity contribution in [3.63, 3.8) is 0 Å². The third-order valence-electron chi connectivity index (χ3n) is 5.98. The van der Waals surface area contributed by atoms with E-state index < -0.39 is 11.7 Å². The number of aromatic nitrogens is 4. The summed E-state index contributed by atoms with van der Waals surface area (Å²) in [6, 6.07) is 8.94. The van der Waals surface area contributed by atoms with Crippen molar-refractivity contribution < 1.29 is 18.0 Å². The standard InChI is InChI=1S/C23H26F3N5OS/c1-16-8-11-30(12-9-16)21(32)15-33-22-28-27-20(14-18-7-4-10-29(18)2)31(22)19-6-3-5-17(13-19)23(24,25)26/h3-7,10,13,16H,8-9,11-12,14-15H2,1-2H3. The Labute approximate surface area is 194 Å². The molecule has 6 nitrogen and oxygen atoms in total. The number of nitrogens with zero attached hydrogens (tertiary/aromatic N) is 5. The molecule has 0 saturated carbocycles. The Morgan fingerprint density at radius 3 is 2.58 bits per heavy atom. The third-order valence-corrected chi connectivity index (χ3v) is 6.90. The molecule has 0 N–H and O–H groups in total. The zero-order valence-corrected chi connectivity index (χ0v) is 19.4. The minimum atomic E-state index is -4.46. The van der Waals surface area contributed by atoms with Gasteiger partial charge in [0.2, 0.25) is 5.91 Å². The van der Waals surface area contributed by atoms with Crippen molar-refractivity contribution in [2.24, 2.45) is 13.0 Å². The van der Waals surface area contributed by atoms with Gasteiger partial charge >= 0.3 is 6.18 Å². The number of halogens is 3. The second-order valence-corrected chi connectivity index (χ2v) is 9.36. The van der Waals surface area contributed by atoms with E-state index in [1.165, 1.54) is 17.8 Å². The molecule has 1 aromatic carbocycles. The van der Waals surface area contributed by atoms with Crippen molar-refractivity contribution >= 4 is 17.7 Å². The highest BCUT2D eigenvalue weighted by molar-refractivity contribution is 7.99. The minimum absolute atomic E-state index is 0.00877. The summed E-state index contributed by atoms with van der Waals surface area (Å²) in [6.45, 7) is 3.65. The third kappa shape index (κ3) is 5.43. The predicted octanol–water partition coefficient (Wildman–Crippen LogP) is 4.57. The summed E-state index contributed by atoms with van der Waals surface area (Å²) in [6.07, 6.45) is -0.203. The molecule has 1 amide bonds. The summed E-state index contributed by atoms with van der Waals surface area (Å²) in [5, 5.41) is 8.91. The molecule has 10 heteroatoms. The molecule has 3 aromatic rings. The van der Waals surface area contributed by atoms with E-state index >= 15 is 0 Å². The van der Waals surface area contributed by atoms with Gasteiger partial charge in [0.05, 0.1) is 17.0 Å². The van der Waals surface area contributed by atoms with Crippen LogP contribution in [0.15, 0.2) is 47.8 Å². The average molecular weight is 478 g/mol. The second-order valence-electron chi connectivity index (χ2n) is 8.42. The molecule has 176 valence electrons. The van der Waals surface area contributed by atoms with Crippen LogP contribution in [0.2, 0.25) is 0 Å². The largest absolute Gasteiger partial charge is 0.416 e. The highest BCUT2D eigenvalue weighted by atomic mass is 32.2. The van der Waals surface area contributed by atoms with Crippen molar-refractivity contribution in [2.75, 3.05) is 18.8 Å². The lowest BCUT2D eigenvalue weighted by Gasteiger charge is -2.30. The number of alkyl halides is 3. The van der Waals surface area contributed by atoms with Gasteiger partial charge in [0.25, 0.3) is 0 Å². The lowest BCUT2D eigenvalue weighted by molar-refractivity contribution is -0.137. The zero-order chi connectivity index (χ0) is 23.6. The summed E-state index contributed by atoms with van der Waals surface area (Å²) in [4.78, 5) is 14.6. The summed E-state index contributed by atoms with van der Waals surface area (Å²) >= 11 is 1.21. The average Bonchev–Trinajstić information content (AvgIpc) is 3.38. The maximum atomic E-state index is 13.4. The van der Waals surface area contributed by atoms with Crippen molar-refractivity contribution in [2.45, 2.75) is 37.5 Å². The van der Waals surface area contributed by atoms with E-state index in [1.807, 2.05) is 34.8 Å². The Kier molecular flexibility index (Phi) is 6.83. The first-order valence-corrected chi connectivity index (χ1v) is 11.8. The minimum Gasteiger partial charge on any atom is -0.354 e. The van der Waals surface area contributed by atoms with E-state index in [2.05, 4.69) is 17.1 Å². The lowest BCUT2D eigenvalue weighted by atomic mass is 9.99. The number of carbonyl (C=O) groups excluding carboxylic acids is 1. The van der Waals surface area contributed by atoms with E-state index in [0.717, 1.165) is 43.8 Å². The molecule has 0 unspecified atom stereocenters. The molecular formula is C23H26F3N5OS. The van der Waals surface area contributed by atoms with Crippen LogP contribution in [-0.2, 0) is 24.4 Å². The van der Waals surface area contributed by atoms with E-state index in [4.69, 9.17) is 0 Å². The zero-order valence-electron chi connectivity index (χ0n) is 18.5. The summed E-state index contributed by atoms with van der Waals surface area (Å²) < 4.78 is 43.6. The van der Waals surface area contributed by atoms with E-state index in [0.29, 0.717) is 29.0 Å². The van der Waals surface area contributed by atoms with Gasteiger partial charge in [0, 0.05) is 38.4 Å². The van der Waals surface area contributed by atoms with Crippen LogP contribution in [0.3, 0.4) is 0 Å². The van der Waals surface area contributed by atoms with Crippen molar-refractivity contribution in [3.05, 3.63) is 59.7 Å². The van der Waals surface area contributed by atoms with Crippen LogP contribution in [0.25, 0.3) is 5.69 Å². The molecule has 2 aromatic heterocycles. The number of thioether (sulfide) groups is 1. The Morgan fingerprint density at radius 1 is 1.15 bits per heavy atom. The summed E-state index contributed by atoms with van der Waals surface area (Å²) in [5.41, 5.74) is 0.527. The summed E-state index contributed by atoms with van der Waals surface area (Å²) in [5.74, 6) is 1.30. The van der Waals surface area contributed by atoms with Gasteiger partial charge in [0.1, 0.15) is 5.82 Å². The van der Waals surface area contributed by atoms with Crippen LogP contribution in [0.1, 0.15) is 36.8 Å². The van der Waals surface area contributed by atoms with Gasteiger partial charge < -0.3 is 9.47 Å². The topological polar surface area (TPSA) is 56.0 Å². The van der Waals surface area contributed by atoms with Crippen LogP contribution in [0, 0.1) is 5.92 Å². The molecule has 0 bridgehead atoms. The molecular weight excluding hydrogens is 451 g/mol. The second kappa shape index (κ2) is 9.62. The Balaban J connectivity index is 1.62. The fourth-order valence-corrected chi connectivity index (χ4v) is 4.78. The van der Waals surface area contributed by atoms with E-state index in [-0.39, 0.29) is 11.7 Å². The first kappa shape index (κ1) is 23.4. The van der Waals surface area contributed by atoms with Crippen LogP contribution in [0.4, 0.5) is 13.2 Å². The van der Waals surface area contributed by atoms with Gasteiger partial charge in [-0.1, -0.05) is 24.8 Å². The number of rotatable bonds is 6. The molecule has 3 heterocycles. The number of hydrogen-bond donors (Lipinski definition) is 0. The molecule has 1 fully saturated rings. The molecule has 1 aliphatic rings. The van der Waals surface area contributed by atoms with Gasteiger partial charge in [-0.25, -0.2) is 0 Å². The number of carbonyl (C=O) groups is 1. The monoisotopic (exact) mass is 477 g/mol. The molecule has 4 rings (SSSR count). The van der Waals surface area contributed by atoms with Crippen molar-refractivity contribution in [1.29, 1.82) is 0 Å². The smallest absolute Gasteiger partial charge is 0.354 e. The fourth-order valence-electron chi connectivity index (χ4n) is 3.91. The number of piperidine rings is 1. The maximum absolute atomic E-state index is 13.4. The molecule has 0 aliphatic carbocycles. The first-order valence-electron chi connectivity index (χ1n) is 10.8. The number of amides is 1. The number of benzene rings is 1. The Hall–Kier alpha value is -2.75. The van der Waals surface area contributed by atoms with Gasteiger partial charge in [-0.2, -0.15) is 13.2 Å². The first-order chi connectivity index (χ1) is 15.7. The van der Waals surface area contributed by atoms with Gasteiger partial charge in [-0.3, -0.25) is 9.36 Å². The lowest BCUT2D eigenvalue weighted by Crippen LogP contribution is -2.38. The molecule has 1 saturated heterocycles. The van der Waals surface area contributed by atoms with Crippen LogP contribution >= 0.6 is 11.8 Å². The Bertz CT molecular complexity index is 1120. The SMILES string of the molecule is CC1CCN(C(=O)CSc2nnc(Cc3cccn3C)n2-c2cccc(C(F)(F)F)c2)CC1. The van der Waals surface area contributed by atoms with Crippen molar-refractivity contribution in [3.8, 4) is 5.69 Å². The number of likely N-dealkylation sites (tertiary alicyclic amines) is 1. The number of hydrogen-bond acceptors (Lipinski definition) is 4. The van der Waals surface area contributed by atoms with Gasteiger partial charge in [0.15, 0.2) is 5.16 Å². The van der Waals surface area contributed by atoms with E-state index in [9.17, 15) is 18.0 Å². The van der Waals surface area contributed by atoms with Gasteiger partial charge in [-0.05, 0) is 49.1 Å². The Morgan fingerprint density at radius 2 is 1.91 bits per heavy atom. The normalized spacial score (nSPS) is 15.2. The van der Waals surface area contributed by atoms with Crippen LogP contribution in [0.5, 0.6) is 0 Å².